The van der Waals surface area contributed by atoms with Crippen LogP contribution in [-0.2, 0) is 9.53 Å². The zero-order valence-electron chi connectivity index (χ0n) is 14.3. The number of benzene rings is 1. The van der Waals surface area contributed by atoms with Gasteiger partial charge in [-0.15, -0.1) is 0 Å². The van der Waals surface area contributed by atoms with Gasteiger partial charge < -0.3 is 14.8 Å². The highest BCUT2D eigenvalue weighted by molar-refractivity contribution is 5.93. The molecule has 8 heteroatoms. The molecule has 0 aromatic heterocycles. The van der Waals surface area contributed by atoms with E-state index in [9.17, 15) is 19.7 Å². The van der Waals surface area contributed by atoms with E-state index in [1.807, 2.05) is 0 Å². The molecule has 8 nitrogen and oxygen atoms in total. The van der Waals surface area contributed by atoms with Gasteiger partial charge in [0.25, 0.3) is 5.91 Å². The Kier molecular flexibility index (Phi) is 6.32. The first kappa shape index (κ1) is 18.7. The Bertz CT molecular complexity index is 655. The average molecular weight is 350 g/mol. The van der Waals surface area contributed by atoms with E-state index in [0.29, 0.717) is 0 Å². The predicted molar refractivity (Wildman–Crippen MR) is 89.5 cm³/mol. The zero-order chi connectivity index (χ0) is 18.4. The van der Waals surface area contributed by atoms with E-state index in [1.54, 1.807) is 6.92 Å². The predicted octanol–water partition coefficient (Wildman–Crippen LogP) is 2.60. The van der Waals surface area contributed by atoms with Crippen molar-refractivity contribution in [1.82, 2.24) is 5.32 Å². The summed E-state index contributed by atoms with van der Waals surface area (Å²) in [6.07, 6.45) is 3.04. The van der Waals surface area contributed by atoms with Gasteiger partial charge in [0.2, 0.25) is 0 Å². The fourth-order valence-electron chi connectivity index (χ4n) is 2.74. The highest BCUT2D eigenvalue weighted by Crippen LogP contribution is 2.28. The second-order valence-electron chi connectivity index (χ2n) is 5.91. The van der Waals surface area contributed by atoms with Gasteiger partial charge in [-0.3, -0.25) is 14.9 Å². The highest BCUT2D eigenvalue weighted by Gasteiger charge is 2.25. The minimum Gasteiger partial charge on any atom is -0.487 e. The van der Waals surface area contributed by atoms with Crippen molar-refractivity contribution in [3.05, 3.63) is 33.9 Å². The standard InChI is InChI=1S/C17H22N2O6/c1-3-24-15-9-8-12(10-14(15)19(22)23)17(21)25-11(2)16(20)18-13-6-4-5-7-13/h8-11,13H,3-7H2,1-2H3,(H,18,20)/t11-/m0/s1. The third-order valence-corrected chi connectivity index (χ3v) is 4.05. The molecule has 2 rings (SSSR count). The van der Waals surface area contributed by atoms with Gasteiger partial charge in [0.1, 0.15) is 0 Å². The van der Waals surface area contributed by atoms with Gasteiger partial charge in [-0.25, -0.2) is 4.79 Å². The number of carbonyl (C=O) groups is 2. The van der Waals surface area contributed by atoms with Crippen molar-refractivity contribution in [3.8, 4) is 5.75 Å². The van der Waals surface area contributed by atoms with Crippen LogP contribution in [0.2, 0.25) is 0 Å². The molecule has 0 unspecified atom stereocenters. The Morgan fingerprint density at radius 2 is 2.04 bits per heavy atom. The molecular weight excluding hydrogens is 328 g/mol. The van der Waals surface area contributed by atoms with Crippen LogP contribution in [0.5, 0.6) is 5.75 Å². The van der Waals surface area contributed by atoms with Crippen molar-refractivity contribution in [2.24, 2.45) is 0 Å². The molecule has 1 aromatic carbocycles. The van der Waals surface area contributed by atoms with Crippen LogP contribution in [0, 0.1) is 10.1 Å². The van der Waals surface area contributed by atoms with Crippen LogP contribution in [0.15, 0.2) is 18.2 Å². The molecule has 0 heterocycles. The lowest BCUT2D eigenvalue weighted by Gasteiger charge is -2.17. The van der Waals surface area contributed by atoms with E-state index in [1.165, 1.54) is 19.1 Å². The second-order valence-corrected chi connectivity index (χ2v) is 5.91. The Balaban J connectivity index is 2.02. The number of hydrogen-bond donors (Lipinski definition) is 1. The number of esters is 1. The molecule has 0 bridgehead atoms. The molecule has 1 amide bonds. The molecule has 0 radical (unpaired) electrons. The molecule has 1 saturated carbocycles. The van der Waals surface area contributed by atoms with Crippen molar-refractivity contribution in [2.75, 3.05) is 6.61 Å². The maximum Gasteiger partial charge on any atom is 0.339 e. The molecule has 0 aliphatic heterocycles. The SMILES string of the molecule is CCOc1ccc(C(=O)O[C@@H](C)C(=O)NC2CCCC2)cc1[N+](=O)[O-]. The van der Waals surface area contributed by atoms with E-state index >= 15 is 0 Å². The summed E-state index contributed by atoms with van der Waals surface area (Å²) in [6, 6.07) is 3.94. The maximum absolute atomic E-state index is 12.2. The Hall–Kier alpha value is -2.64. The third-order valence-electron chi connectivity index (χ3n) is 4.05. The van der Waals surface area contributed by atoms with Crippen LogP contribution in [0.1, 0.15) is 49.9 Å². The summed E-state index contributed by atoms with van der Waals surface area (Å²) in [5.41, 5.74) is -0.324. The lowest BCUT2D eigenvalue weighted by molar-refractivity contribution is -0.385. The largest absolute Gasteiger partial charge is 0.487 e. The van der Waals surface area contributed by atoms with E-state index in [0.717, 1.165) is 31.7 Å². The summed E-state index contributed by atoms with van der Waals surface area (Å²) in [6.45, 7) is 3.45. The van der Waals surface area contributed by atoms with Gasteiger partial charge in [0, 0.05) is 12.1 Å². The number of nitrogens with one attached hydrogen (secondary N) is 1. The fourth-order valence-corrected chi connectivity index (χ4v) is 2.74. The smallest absolute Gasteiger partial charge is 0.339 e. The molecule has 1 fully saturated rings. The third kappa shape index (κ3) is 4.91. The molecule has 0 spiro atoms. The molecule has 0 saturated heterocycles. The maximum atomic E-state index is 12.2. The van der Waals surface area contributed by atoms with Gasteiger partial charge in [-0.1, -0.05) is 12.8 Å². The summed E-state index contributed by atoms with van der Waals surface area (Å²) < 4.78 is 10.3. The normalized spacial score (nSPS) is 15.4. The van der Waals surface area contributed by atoms with Crippen LogP contribution in [0.25, 0.3) is 0 Å². The van der Waals surface area contributed by atoms with E-state index in [4.69, 9.17) is 9.47 Å². The lowest BCUT2D eigenvalue weighted by atomic mass is 10.2. The summed E-state index contributed by atoms with van der Waals surface area (Å²) in [7, 11) is 0. The fraction of sp³-hybridized carbons (Fsp3) is 0.529. The monoisotopic (exact) mass is 350 g/mol. The number of nitrogens with zero attached hydrogens (tertiary/aromatic N) is 1. The number of amides is 1. The van der Waals surface area contributed by atoms with E-state index < -0.39 is 17.0 Å². The minimum atomic E-state index is -0.973. The highest BCUT2D eigenvalue weighted by atomic mass is 16.6. The van der Waals surface area contributed by atoms with Crippen LogP contribution < -0.4 is 10.1 Å². The molecular formula is C17H22N2O6. The van der Waals surface area contributed by atoms with Gasteiger partial charge in [-0.2, -0.15) is 0 Å². The van der Waals surface area contributed by atoms with Crippen LogP contribution >= 0.6 is 0 Å². The van der Waals surface area contributed by atoms with Crippen molar-refractivity contribution in [1.29, 1.82) is 0 Å². The number of nitro groups is 1. The first-order valence-corrected chi connectivity index (χ1v) is 8.35. The number of rotatable bonds is 7. The van der Waals surface area contributed by atoms with E-state index in [2.05, 4.69) is 5.32 Å². The Morgan fingerprint density at radius 3 is 2.64 bits per heavy atom. The van der Waals surface area contributed by atoms with Crippen LogP contribution in [-0.4, -0.2) is 35.6 Å². The molecule has 136 valence electrons. The van der Waals surface area contributed by atoms with E-state index in [-0.39, 0.29) is 35.6 Å². The van der Waals surface area contributed by atoms with Gasteiger partial charge in [0.05, 0.1) is 17.1 Å². The number of nitro benzene ring substituents is 1. The van der Waals surface area contributed by atoms with Crippen LogP contribution in [0.4, 0.5) is 5.69 Å². The molecule has 1 aliphatic rings. The number of carbonyl (C=O) groups excluding carboxylic acids is 2. The number of ether oxygens (including phenoxy) is 2. The Labute approximate surface area is 145 Å². The van der Waals surface area contributed by atoms with Crippen molar-refractivity contribution in [2.45, 2.75) is 51.7 Å². The summed E-state index contributed by atoms with van der Waals surface area (Å²) >= 11 is 0. The molecule has 1 N–H and O–H groups in total. The Morgan fingerprint density at radius 1 is 1.36 bits per heavy atom. The molecule has 1 aromatic rings. The summed E-state index contributed by atoms with van der Waals surface area (Å²) in [4.78, 5) is 34.7. The lowest BCUT2D eigenvalue weighted by Crippen LogP contribution is -2.40. The average Bonchev–Trinajstić information content (AvgIpc) is 3.08. The van der Waals surface area contributed by atoms with Crippen molar-refractivity contribution < 1.29 is 24.0 Å². The quantitative estimate of drug-likeness (QED) is 0.460. The summed E-state index contributed by atoms with van der Waals surface area (Å²) in [5.74, 6) is -1.07. The summed E-state index contributed by atoms with van der Waals surface area (Å²) in [5, 5.41) is 14.0. The molecule has 25 heavy (non-hydrogen) atoms. The van der Waals surface area contributed by atoms with Gasteiger partial charge in [-0.05, 0) is 38.8 Å². The number of hydrogen-bond acceptors (Lipinski definition) is 6. The van der Waals surface area contributed by atoms with Crippen molar-refractivity contribution >= 4 is 17.6 Å². The molecule has 1 atom stereocenters. The molecule has 1 aliphatic carbocycles. The van der Waals surface area contributed by atoms with Gasteiger partial charge >= 0.3 is 11.7 Å². The van der Waals surface area contributed by atoms with Crippen LogP contribution in [0.3, 0.4) is 0 Å². The second kappa shape index (κ2) is 8.46. The zero-order valence-corrected chi connectivity index (χ0v) is 14.3. The first-order valence-electron chi connectivity index (χ1n) is 8.35. The van der Waals surface area contributed by atoms with Gasteiger partial charge in [0.15, 0.2) is 11.9 Å². The minimum absolute atomic E-state index is 0.00401. The first-order chi connectivity index (χ1) is 11.9. The topological polar surface area (TPSA) is 108 Å². The van der Waals surface area contributed by atoms with Crippen molar-refractivity contribution in [3.63, 3.8) is 0 Å².